The molecule has 150 valence electrons. The molecule has 0 bridgehead atoms. The number of aromatic nitrogens is 1. The third-order valence-electron chi connectivity index (χ3n) is 5.00. The highest BCUT2D eigenvalue weighted by molar-refractivity contribution is 9.10. The van der Waals surface area contributed by atoms with E-state index in [1.807, 2.05) is 49.2 Å². The van der Waals surface area contributed by atoms with E-state index in [0.717, 1.165) is 44.9 Å². The van der Waals surface area contributed by atoms with Gasteiger partial charge in [-0.2, -0.15) is 0 Å². The van der Waals surface area contributed by atoms with E-state index in [4.69, 9.17) is 0 Å². The van der Waals surface area contributed by atoms with Crippen molar-refractivity contribution in [1.82, 2.24) is 9.88 Å². The number of hydrogen-bond acceptors (Lipinski definition) is 2. The highest BCUT2D eigenvalue weighted by atomic mass is 79.9. The molecule has 3 rings (SSSR count). The number of nitrogens with zero attached hydrogens (tertiary/aromatic N) is 2. The standard InChI is InChI=1S/C24H23BrF2N2/c1-15-13-18(16(2)17(3)22-11-9-19(25)14-28-22)8-10-20(15)23-21(24(4,26)27)7-6-12-29(23)5/h6-11,13-14H,2-3,12H2,1,4-5H3. The zero-order valence-corrected chi connectivity index (χ0v) is 18.4. The molecule has 0 saturated heterocycles. The van der Waals surface area contributed by atoms with E-state index in [1.165, 1.54) is 6.08 Å². The van der Waals surface area contributed by atoms with Gasteiger partial charge in [0.15, 0.2) is 0 Å². The molecule has 0 unspecified atom stereocenters. The molecule has 5 heteroatoms. The largest absolute Gasteiger partial charge is 0.370 e. The number of alkyl halides is 2. The summed E-state index contributed by atoms with van der Waals surface area (Å²) >= 11 is 3.37. The molecule has 2 aromatic rings. The summed E-state index contributed by atoms with van der Waals surface area (Å²) in [5.74, 6) is -2.92. The third-order valence-corrected chi connectivity index (χ3v) is 5.47. The summed E-state index contributed by atoms with van der Waals surface area (Å²) < 4.78 is 29.3. The summed E-state index contributed by atoms with van der Waals surface area (Å²) in [6.45, 7) is 11.8. The molecule has 29 heavy (non-hydrogen) atoms. The van der Waals surface area contributed by atoms with Crippen LogP contribution in [0.1, 0.15) is 29.3 Å². The smallest absolute Gasteiger partial charge is 0.272 e. The van der Waals surface area contributed by atoms with Crippen molar-refractivity contribution in [3.63, 3.8) is 0 Å². The Morgan fingerprint density at radius 3 is 2.48 bits per heavy atom. The summed E-state index contributed by atoms with van der Waals surface area (Å²) in [7, 11) is 1.83. The summed E-state index contributed by atoms with van der Waals surface area (Å²) in [6.07, 6.45) is 5.01. The quantitative estimate of drug-likeness (QED) is 0.462. The topological polar surface area (TPSA) is 16.1 Å². The minimum atomic E-state index is -2.92. The molecule has 0 spiro atoms. The van der Waals surface area contributed by atoms with Gasteiger partial charge in [0.1, 0.15) is 0 Å². The van der Waals surface area contributed by atoms with E-state index >= 15 is 0 Å². The van der Waals surface area contributed by atoms with Crippen LogP contribution in [-0.4, -0.2) is 29.4 Å². The second kappa shape index (κ2) is 8.07. The first-order chi connectivity index (χ1) is 13.6. The molecular formula is C24H23BrF2N2. The Kier molecular flexibility index (Phi) is 5.90. The van der Waals surface area contributed by atoms with E-state index in [0.29, 0.717) is 12.2 Å². The molecule has 0 atom stereocenters. The Labute approximate surface area is 179 Å². The van der Waals surface area contributed by atoms with Gasteiger partial charge in [0.25, 0.3) is 5.92 Å². The van der Waals surface area contributed by atoms with Crippen molar-refractivity contribution in [3.8, 4) is 0 Å². The number of benzene rings is 1. The maximum atomic E-state index is 14.2. The molecule has 2 nitrogen and oxygen atoms in total. The summed E-state index contributed by atoms with van der Waals surface area (Å²) in [5, 5.41) is 0. The molecule has 0 saturated carbocycles. The fourth-order valence-corrected chi connectivity index (χ4v) is 3.64. The second-order valence-electron chi connectivity index (χ2n) is 7.28. The Balaban J connectivity index is 1.99. The first-order valence-electron chi connectivity index (χ1n) is 9.21. The van der Waals surface area contributed by atoms with Gasteiger partial charge in [-0.25, -0.2) is 8.78 Å². The van der Waals surface area contributed by atoms with Gasteiger partial charge in [-0.05, 0) is 51.7 Å². The summed E-state index contributed by atoms with van der Waals surface area (Å²) in [5.41, 5.74) is 5.39. The lowest BCUT2D eigenvalue weighted by Crippen LogP contribution is -2.27. The van der Waals surface area contributed by atoms with Crippen molar-refractivity contribution in [2.24, 2.45) is 0 Å². The number of halogens is 3. The number of rotatable bonds is 5. The van der Waals surface area contributed by atoms with Crippen LogP contribution in [0.15, 0.2) is 71.9 Å². The van der Waals surface area contributed by atoms with Gasteiger partial charge in [-0.3, -0.25) is 4.98 Å². The molecule has 0 N–H and O–H groups in total. The van der Waals surface area contributed by atoms with Gasteiger partial charge in [-0.15, -0.1) is 0 Å². The first kappa shape index (κ1) is 21.2. The number of pyridine rings is 1. The van der Waals surface area contributed by atoms with Crippen molar-refractivity contribution in [2.75, 3.05) is 13.6 Å². The van der Waals surface area contributed by atoms with Crippen molar-refractivity contribution >= 4 is 32.8 Å². The van der Waals surface area contributed by atoms with Crippen molar-refractivity contribution < 1.29 is 8.78 Å². The zero-order chi connectivity index (χ0) is 21.3. The number of aryl methyl sites for hydroxylation is 1. The van der Waals surface area contributed by atoms with E-state index in [-0.39, 0.29) is 5.57 Å². The average Bonchev–Trinajstić information content (AvgIpc) is 2.67. The van der Waals surface area contributed by atoms with Gasteiger partial charge < -0.3 is 4.90 Å². The average molecular weight is 457 g/mol. The molecule has 0 radical (unpaired) electrons. The van der Waals surface area contributed by atoms with Gasteiger partial charge in [0, 0.05) is 47.9 Å². The number of allylic oxidation sites excluding steroid dienone is 4. The van der Waals surface area contributed by atoms with Crippen molar-refractivity contribution in [2.45, 2.75) is 19.8 Å². The van der Waals surface area contributed by atoms with Crippen LogP contribution in [-0.2, 0) is 0 Å². The molecule has 2 heterocycles. The van der Waals surface area contributed by atoms with Crippen LogP contribution in [0.2, 0.25) is 0 Å². The van der Waals surface area contributed by atoms with Crippen LogP contribution in [0.5, 0.6) is 0 Å². The highest BCUT2D eigenvalue weighted by Gasteiger charge is 2.32. The SMILES string of the molecule is C=C(C(=C)c1ccc(Br)cn1)c1ccc(C2=C(C(C)(F)F)C=CCN2C)c(C)c1. The maximum Gasteiger partial charge on any atom is 0.272 e. The van der Waals surface area contributed by atoms with Crippen LogP contribution < -0.4 is 0 Å². The normalized spacial score (nSPS) is 14.3. The fraction of sp³-hybridized carbons (Fsp3) is 0.208. The summed E-state index contributed by atoms with van der Waals surface area (Å²) in [6, 6.07) is 9.53. The third kappa shape index (κ3) is 4.40. The van der Waals surface area contributed by atoms with Crippen molar-refractivity contribution in [1.29, 1.82) is 0 Å². The minimum absolute atomic E-state index is 0.0319. The molecule has 1 aromatic carbocycles. The van der Waals surface area contributed by atoms with Gasteiger partial charge in [0.05, 0.1) is 11.4 Å². The predicted molar refractivity (Wildman–Crippen MR) is 120 cm³/mol. The molecule has 1 aliphatic rings. The van der Waals surface area contributed by atoms with Crippen LogP contribution in [0.4, 0.5) is 8.78 Å². The lowest BCUT2D eigenvalue weighted by atomic mass is 9.91. The van der Waals surface area contributed by atoms with Crippen LogP contribution >= 0.6 is 15.9 Å². The van der Waals surface area contributed by atoms with Crippen LogP contribution in [0.3, 0.4) is 0 Å². The number of likely N-dealkylation sites (N-methyl/N-ethyl adjacent to an activating group) is 1. The molecule has 0 aliphatic carbocycles. The van der Waals surface area contributed by atoms with Crippen LogP contribution in [0, 0.1) is 6.92 Å². The van der Waals surface area contributed by atoms with Gasteiger partial charge >= 0.3 is 0 Å². The fourth-order valence-electron chi connectivity index (χ4n) is 3.41. The maximum absolute atomic E-state index is 14.2. The molecule has 0 amide bonds. The second-order valence-corrected chi connectivity index (χ2v) is 8.20. The molecule has 1 aliphatic heterocycles. The Morgan fingerprint density at radius 1 is 1.17 bits per heavy atom. The van der Waals surface area contributed by atoms with E-state index in [1.54, 1.807) is 12.3 Å². The lowest BCUT2D eigenvalue weighted by molar-refractivity contribution is 0.0665. The molecule has 1 aromatic heterocycles. The monoisotopic (exact) mass is 456 g/mol. The Hall–Kier alpha value is -2.53. The van der Waals surface area contributed by atoms with E-state index < -0.39 is 5.92 Å². The summed E-state index contributed by atoms with van der Waals surface area (Å²) in [4.78, 5) is 6.23. The highest BCUT2D eigenvalue weighted by Crippen LogP contribution is 2.38. The zero-order valence-electron chi connectivity index (χ0n) is 16.8. The van der Waals surface area contributed by atoms with E-state index in [2.05, 4.69) is 34.1 Å². The minimum Gasteiger partial charge on any atom is -0.370 e. The van der Waals surface area contributed by atoms with Crippen LogP contribution in [0.25, 0.3) is 16.8 Å². The van der Waals surface area contributed by atoms with Gasteiger partial charge in [0.2, 0.25) is 0 Å². The van der Waals surface area contributed by atoms with Gasteiger partial charge in [-0.1, -0.05) is 43.5 Å². The number of hydrogen-bond donors (Lipinski definition) is 0. The Bertz CT molecular complexity index is 1030. The van der Waals surface area contributed by atoms with E-state index in [9.17, 15) is 8.78 Å². The lowest BCUT2D eigenvalue weighted by Gasteiger charge is -2.31. The van der Waals surface area contributed by atoms with Crippen molar-refractivity contribution in [3.05, 3.63) is 94.3 Å². The Morgan fingerprint density at radius 2 is 1.90 bits per heavy atom. The molecule has 0 fully saturated rings. The first-order valence-corrected chi connectivity index (χ1v) is 10.0. The predicted octanol–water partition coefficient (Wildman–Crippen LogP) is 6.75. The molecular weight excluding hydrogens is 434 g/mol.